The second kappa shape index (κ2) is 6.97. The Kier molecular flexibility index (Phi) is 5.92. The van der Waals surface area contributed by atoms with Crippen molar-refractivity contribution in [2.24, 2.45) is 11.7 Å². The van der Waals surface area contributed by atoms with Crippen LogP contribution in [-0.4, -0.2) is 29.5 Å². The predicted molar refractivity (Wildman–Crippen MR) is 70.2 cm³/mol. The van der Waals surface area contributed by atoms with Crippen LogP contribution in [-0.2, 0) is 4.79 Å². The van der Waals surface area contributed by atoms with Gasteiger partial charge in [-0.15, -0.1) is 0 Å². The Morgan fingerprint density at radius 2 is 2.00 bits per heavy atom. The first-order valence-corrected chi connectivity index (χ1v) is 6.82. The van der Waals surface area contributed by atoms with Crippen molar-refractivity contribution >= 4 is 5.91 Å². The first kappa shape index (κ1) is 14.5. The van der Waals surface area contributed by atoms with Crippen LogP contribution in [0.5, 0.6) is 0 Å². The molecular weight excluding hydrogens is 214 g/mol. The van der Waals surface area contributed by atoms with E-state index in [0.717, 1.165) is 6.42 Å². The number of piperidine rings is 1. The third kappa shape index (κ3) is 4.64. The van der Waals surface area contributed by atoms with Crippen molar-refractivity contribution in [3.8, 4) is 0 Å². The summed E-state index contributed by atoms with van der Waals surface area (Å²) in [7, 11) is 0. The molecule has 4 heteroatoms. The van der Waals surface area contributed by atoms with Crippen molar-refractivity contribution in [2.75, 3.05) is 6.54 Å². The molecule has 0 aromatic carbocycles. The minimum absolute atomic E-state index is 0.130. The van der Waals surface area contributed by atoms with Crippen molar-refractivity contribution in [3.05, 3.63) is 0 Å². The highest BCUT2D eigenvalue weighted by Gasteiger charge is 2.25. The van der Waals surface area contributed by atoms with Crippen LogP contribution in [0.15, 0.2) is 0 Å². The Labute approximate surface area is 105 Å². The van der Waals surface area contributed by atoms with Crippen molar-refractivity contribution in [2.45, 2.75) is 65.0 Å². The van der Waals surface area contributed by atoms with Gasteiger partial charge < -0.3 is 5.73 Å². The third-order valence-corrected chi connectivity index (χ3v) is 3.71. The van der Waals surface area contributed by atoms with Crippen molar-refractivity contribution in [3.63, 3.8) is 0 Å². The maximum Gasteiger partial charge on any atom is 0.234 e. The molecule has 0 spiro atoms. The molecule has 1 aliphatic rings. The van der Waals surface area contributed by atoms with Gasteiger partial charge in [0.15, 0.2) is 0 Å². The number of amides is 1. The van der Waals surface area contributed by atoms with Gasteiger partial charge in [-0.05, 0) is 45.6 Å². The van der Waals surface area contributed by atoms with Crippen molar-refractivity contribution < 1.29 is 4.79 Å². The number of rotatable bonds is 5. The molecular formula is C13H27N3O. The molecule has 0 saturated carbocycles. The molecule has 3 atom stereocenters. The van der Waals surface area contributed by atoms with Gasteiger partial charge in [-0.25, -0.2) is 5.01 Å². The zero-order valence-electron chi connectivity index (χ0n) is 11.4. The molecule has 0 aromatic rings. The molecule has 3 unspecified atom stereocenters. The standard InChI is InChI=1S/C13H27N3O/c1-10(9-14)7-8-13(17)15-16-11(2)5-4-6-12(16)3/h10-12H,4-9,14H2,1-3H3,(H,15,17). The molecule has 0 radical (unpaired) electrons. The predicted octanol–water partition coefficient (Wildman–Crippen LogP) is 1.66. The first-order valence-electron chi connectivity index (χ1n) is 6.82. The number of hydrogen-bond acceptors (Lipinski definition) is 3. The van der Waals surface area contributed by atoms with Gasteiger partial charge in [0.1, 0.15) is 0 Å². The molecule has 1 amide bonds. The number of hydrogen-bond donors (Lipinski definition) is 2. The van der Waals surface area contributed by atoms with Crippen molar-refractivity contribution in [1.82, 2.24) is 10.4 Å². The molecule has 100 valence electrons. The number of carbonyl (C=O) groups is 1. The second-order valence-electron chi connectivity index (χ2n) is 5.45. The van der Waals surface area contributed by atoms with Crippen LogP contribution in [0.3, 0.4) is 0 Å². The van der Waals surface area contributed by atoms with Gasteiger partial charge in [0.05, 0.1) is 0 Å². The lowest BCUT2D eigenvalue weighted by Gasteiger charge is -2.38. The van der Waals surface area contributed by atoms with Crippen LogP contribution >= 0.6 is 0 Å². The topological polar surface area (TPSA) is 58.4 Å². The third-order valence-electron chi connectivity index (χ3n) is 3.71. The molecule has 0 aromatic heterocycles. The monoisotopic (exact) mass is 241 g/mol. The quantitative estimate of drug-likeness (QED) is 0.769. The van der Waals surface area contributed by atoms with Gasteiger partial charge in [-0.3, -0.25) is 10.2 Å². The number of hydrazine groups is 1. The van der Waals surface area contributed by atoms with Crippen LogP contribution in [0.2, 0.25) is 0 Å². The van der Waals surface area contributed by atoms with E-state index in [1.807, 2.05) is 0 Å². The molecule has 1 saturated heterocycles. The fourth-order valence-electron chi connectivity index (χ4n) is 2.34. The minimum Gasteiger partial charge on any atom is -0.330 e. The molecule has 4 nitrogen and oxygen atoms in total. The summed E-state index contributed by atoms with van der Waals surface area (Å²) >= 11 is 0. The Balaban J connectivity index is 2.33. The van der Waals surface area contributed by atoms with Gasteiger partial charge >= 0.3 is 0 Å². The lowest BCUT2D eigenvalue weighted by Crippen LogP contribution is -2.54. The van der Waals surface area contributed by atoms with E-state index in [4.69, 9.17) is 5.73 Å². The Morgan fingerprint density at radius 1 is 1.41 bits per heavy atom. The van der Waals surface area contributed by atoms with E-state index >= 15 is 0 Å². The molecule has 0 bridgehead atoms. The van der Waals surface area contributed by atoms with Gasteiger partial charge in [-0.1, -0.05) is 13.3 Å². The normalized spacial score (nSPS) is 27.8. The van der Waals surface area contributed by atoms with Crippen LogP contribution in [0.4, 0.5) is 0 Å². The molecule has 3 N–H and O–H groups in total. The number of nitrogens with two attached hydrogens (primary N) is 1. The van der Waals surface area contributed by atoms with Gasteiger partial charge in [0.2, 0.25) is 5.91 Å². The van der Waals surface area contributed by atoms with Crippen LogP contribution in [0.1, 0.15) is 52.9 Å². The zero-order valence-corrected chi connectivity index (χ0v) is 11.4. The van der Waals surface area contributed by atoms with Gasteiger partial charge in [0, 0.05) is 18.5 Å². The maximum atomic E-state index is 11.8. The lowest BCUT2D eigenvalue weighted by atomic mass is 10.00. The van der Waals surface area contributed by atoms with E-state index < -0.39 is 0 Å². The summed E-state index contributed by atoms with van der Waals surface area (Å²) < 4.78 is 0. The molecule has 1 heterocycles. The van der Waals surface area contributed by atoms with E-state index in [2.05, 4.69) is 31.2 Å². The Bertz CT molecular complexity index is 235. The number of nitrogens with zero attached hydrogens (tertiary/aromatic N) is 1. The summed E-state index contributed by atoms with van der Waals surface area (Å²) in [6, 6.07) is 0.907. The largest absolute Gasteiger partial charge is 0.330 e. The minimum atomic E-state index is 0.130. The summed E-state index contributed by atoms with van der Waals surface area (Å²) in [6.45, 7) is 7.10. The highest BCUT2D eigenvalue weighted by molar-refractivity contribution is 5.75. The summed E-state index contributed by atoms with van der Waals surface area (Å²) in [5.74, 6) is 0.558. The van der Waals surface area contributed by atoms with E-state index in [1.54, 1.807) is 0 Å². The average molecular weight is 241 g/mol. The number of nitrogens with one attached hydrogen (secondary N) is 1. The fraction of sp³-hybridized carbons (Fsp3) is 0.923. The first-order chi connectivity index (χ1) is 8.04. The zero-order chi connectivity index (χ0) is 12.8. The van der Waals surface area contributed by atoms with Gasteiger partial charge in [-0.2, -0.15) is 0 Å². The summed E-state index contributed by atoms with van der Waals surface area (Å²) in [4.78, 5) is 11.8. The van der Waals surface area contributed by atoms with E-state index in [0.29, 0.717) is 31.0 Å². The summed E-state index contributed by atoms with van der Waals surface area (Å²) in [5, 5.41) is 2.12. The SMILES string of the molecule is CC(CN)CCC(=O)NN1C(C)CCCC1C. The maximum absolute atomic E-state index is 11.8. The Morgan fingerprint density at radius 3 is 2.53 bits per heavy atom. The molecule has 1 aliphatic heterocycles. The van der Waals surface area contributed by atoms with E-state index in [-0.39, 0.29) is 5.91 Å². The van der Waals surface area contributed by atoms with Gasteiger partial charge in [0.25, 0.3) is 0 Å². The second-order valence-corrected chi connectivity index (χ2v) is 5.45. The Hall–Kier alpha value is -0.610. The fourth-order valence-corrected chi connectivity index (χ4v) is 2.34. The smallest absolute Gasteiger partial charge is 0.234 e. The van der Waals surface area contributed by atoms with E-state index in [9.17, 15) is 4.79 Å². The highest BCUT2D eigenvalue weighted by Crippen LogP contribution is 2.20. The van der Waals surface area contributed by atoms with Crippen molar-refractivity contribution in [1.29, 1.82) is 0 Å². The highest BCUT2D eigenvalue weighted by atomic mass is 16.2. The van der Waals surface area contributed by atoms with Crippen LogP contribution in [0.25, 0.3) is 0 Å². The average Bonchev–Trinajstić information content (AvgIpc) is 2.31. The molecule has 1 rings (SSSR count). The number of carbonyl (C=O) groups excluding carboxylic acids is 1. The molecule has 0 aliphatic carbocycles. The van der Waals surface area contributed by atoms with Crippen LogP contribution in [0, 0.1) is 5.92 Å². The van der Waals surface area contributed by atoms with Crippen LogP contribution < -0.4 is 11.2 Å². The lowest BCUT2D eigenvalue weighted by molar-refractivity contribution is -0.129. The summed E-state index contributed by atoms with van der Waals surface area (Å²) in [6.07, 6.45) is 5.06. The van der Waals surface area contributed by atoms with E-state index in [1.165, 1.54) is 19.3 Å². The molecule has 1 fully saturated rings. The summed E-state index contributed by atoms with van der Waals surface area (Å²) in [5.41, 5.74) is 8.60. The molecule has 17 heavy (non-hydrogen) atoms.